The minimum atomic E-state index is -3.25. The van der Waals surface area contributed by atoms with Gasteiger partial charge in [0.05, 0.1) is 0 Å². The molecule has 0 aliphatic carbocycles. The molecule has 0 atom stereocenters. The van der Waals surface area contributed by atoms with Gasteiger partial charge < -0.3 is 19.7 Å². The van der Waals surface area contributed by atoms with E-state index in [0.29, 0.717) is 68.0 Å². The molecule has 0 aliphatic rings. The van der Waals surface area contributed by atoms with Crippen molar-refractivity contribution in [2.45, 2.75) is 65.0 Å². The maximum absolute atomic E-state index is 13.4. The first-order valence-corrected chi connectivity index (χ1v) is 21.4. The summed E-state index contributed by atoms with van der Waals surface area (Å²) in [5, 5.41) is 22.2. The van der Waals surface area contributed by atoms with Crippen molar-refractivity contribution in [3.8, 4) is 23.0 Å². The van der Waals surface area contributed by atoms with Crippen LogP contribution in [0.2, 0.25) is 20.1 Å². The van der Waals surface area contributed by atoms with Crippen LogP contribution < -0.4 is 9.47 Å². The highest BCUT2D eigenvalue weighted by molar-refractivity contribution is 7.33. The lowest BCUT2D eigenvalue weighted by Crippen LogP contribution is -2.33. The number of ether oxygens (including phenoxy) is 2. The van der Waals surface area contributed by atoms with Crippen molar-refractivity contribution in [3.05, 3.63) is 185 Å². The number of hydrogen-bond donors (Lipinski definition) is 2. The summed E-state index contributed by atoms with van der Waals surface area (Å²) >= 11 is 26.8. The molecule has 0 aromatic heterocycles. The molecule has 0 amide bonds. The summed E-state index contributed by atoms with van der Waals surface area (Å²) in [6, 6.07) is 28.9. The Hall–Kier alpha value is -4.31. The molecule has 0 radical (unpaired) electrons. The predicted molar refractivity (Wildman–Crippen MR) is 234 cm³/mol. The molecule has 7 nitrogen and oxygen atoms in total. The van der Waals surface area contributed by atoms with E-state index in [9.17, 15) is 23.6 Å². The number of phenols is 2. The Morgan fingerprint density at radius 2 is 0.817 bits per heavy atom. The van der Waals surface area contributed by atoms with Crippen molar-refractivity contribution in [1.29, 1.82) is 0 Å². The molecular weight excluding hydrogens is 875 g/mol. The van der Waals surface area contributed by atoms with Gasteiger partial charge in [-0.3, -0.25) is 13.6 Å². The van der Waals surface area contributed by atoms with Crippen LogP contribution >= 0.6 is 54.7 Å². The molecule has 0 aliphatic heterocycles. The number of phenolic OH excluding ortho intramolecular Hbond substituents is 2. The van der Waals surface area contributed by atoms with Crippen LogP contribution in [-0.2, 0) is 39.3 Å². The molecule has 0 spiro atoms. The Kier molecular flexibility index (Phi) is 14.4. The van der Waals surface area contributed by atoms with E-state index in [0.717, 1.165) is 22.3 Å². The zero-order chi connectivity index (χ0) is 43.4. The van der Waals surface area contributed by atoms with Crippen LogP contribution in [0, 0.1) is 11.6 Å². The summed E-state index contributed by atoms with van der Waals surface area (Å²) in [6.45, 7) is 6.22. The summed E-state index contributed by atoms with van der Waals surface area (Å²) in [4.78, 5) is 0. The maximum atomic E-state index is 13.4. The fraction of sp³-hybridized carbons (Fsp3) is 0.217. The number of aromatic hydroxyl groups is 2. The zero-order valence-corrected chi connectivity index (χ0v) is 36.9. The highest BCUT2D eigenvalue weighted by Crippen LogP contribution is 2.41. The van der Waals surface area contributed by atoms with Crippen LogP contribution in [0.3, 0.4) is 0 Å². The fourth-order valence-corrected chi connectivity index (χ4v) is 8.61. The minimum Gasteiger partial charge on any atom is -0.508 e. The van der Waals surface area contributed by atoms with Gasteiger partial charge in [-0.1, -0.05) is 94.9 Å². The number of rotatable bonds is 16. The summed E-state index contributed by atoms with van der Waals surface area (Å²) in [5.41, 5.74) is 5.95. The van der Waals surface area contributed by atoms with Crippen LogP contribution in [0.4, 0.5) is 8.78 Å². The quantitative estimate of drug-likeness (QED) is 0.0738. The molecular formula is C46H41Cl4F2O7P. The largest absolute Gasteiger partial charge is 0.508 e. The lowest BCUT2D eigenvalue weighted by Gasteiger charge is -2.30. The van der Waals surface area contributed by atoms with Crippen molar-refractivity contribution in [1.82, 2.24) is 0 Å². The first-order valence-electron chi connectivity index (χ1n) is 18.7. The number of hydrogen-bond acceptors (Lipinski definition) is 7. The lowest BCUT2D eigenvalue weighted by atomic mass is 9.98. The van der Waals surface area contributed by atoms with Crippen molar-refractivity contribution in [2.24, 2.45) is 0 Å². The predicted octanol–water partition coefficient (Wildman–Crippen LogP) is 13.7. The third-order valence-corrected chi connectivity index (χ3v) is 11.9. The van der Waals surface area contributed by atoms with Gasteiger partial charge in [0.25, 0.3) is 0 Å². The molecule has 0 unspecified atom stereocenters. The van der Waals surface area contributed by atoms with Crippen molar-refractivity contribution in [2.75, 3.05) is 0 Å². The molecule has 6 rings (SSSR count). The van der Waals surface area contributed by atoms with Crippen molar-refractivity contribution in [3.63, 3.8) is 0 Å². The van der Waals surface area contributed by atoms with E-state index in [-0.39, 0.29) is 34.6 Å². The Balaban J connectivity index is 1.05. The molecule has 2 N–H and O–H groups in total. The average molecular weight is 917 g/mol. The second kappa shape index (κ2) is 19.2. The second-order valence-corrected chi connectivity index (χ2v) is 17.6. The molecule has 0 bridgehead atoms. The molecule has 6 aromatic rings. The molecule has 0 saturated heterocycles. The third kappa shape index (κ3) is 12.4. The van der Waals surface area contributed by atoms with Crippen LogP contribution in [-0.4, -0.2) is 21.8 Å². The first-order chi connectivity index (χ1) is 28.3. The first kappa shape index (κ1) is 45.2. The van der Waals surface area contributed by atoms with E-state index < -0.39 is 19.8 Å². The van der Waals surface area contributed by atoms with E-state index in [4.69, 9.17) is 64.9 Å². The van der Waals surface area contributed by atoms with Crippen LogP contribution in [0.1, 0.15) is 72.2 Å². The van der Waals surface area contributed by atoms with Gasteiger partial charge in [-0.05, 0) is 105 Å². The molecule has 14 heteroatoms. The van der Waals surface area contributed by atoms with Gasteiger partial charge in [0.2, 0.25) is 11.6 Å². The van der Waals surface area contributed by atoms with Gasteiger partial charge in [0.1, 0.15) is 34.6 Å². The Labute approximate surface area is 368 Å². The maximum Gasteiger partial charge on any atom is 0.325 e. The standard InChI is InChI=1S/C46H41Cl4F2O7P/c1-45(2,56-35-23-39(47)37(40(48)24-35)21-29-9-15-43(53)31(19-29)17-27-5-11-33(51)12-6-27)58-60(55)59-46(3,4)57-36-25-41(49)38(42(50)26-36)22-30-10-16-44(54)32(20-30)18-28-7-13-34(52)14-8-28/h5-16,19-20,23-26,53-54,60H,17-18,21-22H2,1-4H3. The molecule has 0 fully saturated rings. The van der Waals surface area contributed by atoms with Crippen LogP contribution in [0.5, 0.6) is 23.0 Å². The Bertz CT molecular complexity index is 2300. The lowest BCUT2D eigenvalue weighted by molar-refractivity contribution is -0.120. The number of halogens is 6. The molecule has 60 heavy (non-hydrogen) atoms. The highest BCUT2D eigenvalue weighted by atomic mass is 35.5. The molecule has 314 valence electrons. The second-order valence-electron chi connectivity index (χ2n) is 15.1. The van der Waals surface area contributed by atoms with Crippen molar-refractivity contribution < 1.29 is 42.1 Å². The van der Waals surface area contributed by atoms with Gasteiger partial charge in [0, 0.05) is 73.5 Å². The summed E-state index contributed by atoms with van der Waals surface area (Å²) < 4.78 is 63.4. The van der Waals surface area contributed by atoms with Crippen molar-refractivity contribution >= 4 is 54.7 Å². The Morgan fingerprint density at radius 3 is 1.15 bits per heavy atom. The molecule has 0 saturated carbocycles. The highest BCUT2D eigenvalue weighted by Gasteiger charge is 2.31. The topological polar surface area (TPSA) is 94.5 Å². The van der Waals surface area contributed by atoms with E-state index in [1.807, 2.05) is 12.1 Å². The van der Waals surface area contributed by atoms with Gasteiger partial charge in [-0.15, -0.1) is 0 Å². The van der Waals surface area contributed by atoms with E-state index in [2.05, 4.69) is 0 Å². The summed E-state index contributed by atoms with van der Waals surface area (Å²) in [5.74, 6) is -2.85. The normalized spacial score (nSPS) is 11.9. The zero-order valence-electron chi connectivity index (χ0n) is 32.9. The van der Waals surface area contributed by atoms with Gasteiger partial charge in [-0.25, -0.2) is 8.78 Å². The molecule has 6 aromatic carbocycles. The SMILES string of the molecule is CC(C)(Oc1cc(Cl)c(Cc2ccc(O)c(Cc3ccc(F)cc3)c2)c(Cl)c1)O[PH](=O)OC(C)(C)Oc1cc(Cl)c(Cc2ccc(O)c(Cc3ccc(F)cc3)c2)c(Cl)c1. The monoisotopic (exact) mass is 914 g/mol. The average Bonchev–Trinajstić information content (AvgIpc) is 3.14. The van der Waals surface area contributed by atoms with E-state index in [1.54, 1.807) is 100 Å². The van der Waals surface area contributed by atoms with E-state index >= 15 is 0 Å². The smallest absolute Gasteiger partial charge is 0.325 e. The van der Waals surface area contributed by atoms with Gasteiger partial charge in [0.15, 0.2) is 0 Å². The third-order valence-electron chi connectivity index (χ3n) is 9.28. The molecule has 0 heterocycles. The Morgan fingerprint density at radius 1 is 0.500 bits per heavy atom. The summed E-state index contributed by atoms with van der Waals surface area (Å²) in [7, 11) is -3.25. The fourth-order valence-electron chi connectivity index (χ4n) is 6.48. The van der Waals surface area contributed by atoms with Gasteiger partial charge in [-0.2, -0.15) is 0 Å². The van der Waals surface area contributed by atoms with E-state index in [1.165, 1.54) is 24.3 Å². The minimum absolute atomic E-state index is 0.117. The van der Waals surface area contributed by atoms with Gasteiger partial charge >= 0.3 is 8.25 Å². The van der Waals surface area contributed by atoms with Crippen LogP contribution in [0.25, 0.3) is 0 Å². The van der Waals surface area contributed by atoms with Crippen LogP contribution in [0.15, 0.2) is 109 Å². The number of benzene rings is 6. The summed E-state index contributed by atoms with van der Waals surface area (Å²) in [6.07, 6.45) is 1.51.